The first kappa shape index (κ1) is 29.5. The molecule has 0 saturated heterocycles. The van der Waals surface area contributed by atoms with Crippen molar-refractivity contribution in [3.63, 3.8) is 0 Å². The number of aromatic nitrogens is 2. The molecule has 0 amide bonds. The third-order valence-corrected chi connectivity index (χ3v) is 10.7. The molecule has 8 aromatic rings. The van der Waals surface area contributed by atoms with Crippen molar-refractivity contribution >= 4 is 79.6 Å². The Morgan fingerprint density at radius 2 is 0.706 bits per heavy atom. The topological polar surface area (TPSA) is 38.7 Å². The van der Waals surface area contributed by atoms with Gasteiger partial charge in [0, 0.05) is 36.6 Å². The van der Waals surface area contributed by atoms with Gasteiger partial charge in [0.2, 0.25) is 0 Å². The van der Waals surface area contributed by atoms with Crippen molar-refractivity contribution in [1.82, 2.24) is 8.75 Å². The molecule has 10 rings (SSSR count). The monoisotopic (exact) mass is 676 g/mol. The van der Waals surface area contributed by atoms with E-state index in [2.05, 4.69) is 191 Å². The van der Waals surface area contributed by atoms with Crippen LogP contribution in [-0.4, -0.2) is 22.8 Å². The second-order valence-electron chi connectivity index (χ2n) is 13.0. The molecule has 7 heteroatoms. The average Bonchev–Trinajstić information content (AvgIpc) is 3.69. The Kier molecular flexibility index (Phi) is 6.69. The van der Waals surface area contributed by atoms with Gasteiger partial charge in [0.05, 0.1) is 57.2 Å². The Morgan fingerprint density at radius 3 is 1.06 bits per heavy atom. The lowest BCUT2D eigenvalue weighted by Gasteiger charge is -2.38. The summed E-state index contributed by atoms with van der Waals surface area (Å²) < 4.78 is 9.76. The molecule has 0 radical (unpaired) electrons. The Morgan fingerprint density at radius 1 is 0.373 bits per heavy atom. The Bertz CT molecular complexity index is 2350. The summed E-state index contributed by atoms with van der Waals surface area (Å²) in [7, 11) is 4.27. The van der Waals surface area contributed by atoms with Gasteiger partial charge in [-0.1, -0.05) is 84.9 Å². The lowest BCUT2D eigenvalue weighted by molar-refractivity contribution is 1.13. The van der Waals surface area contributed by atoms with Gasteiger partial charge in [0.1, 0.15) is 11.0 Å². The molecule has 0 bridgehead atoms. The van der Waals surface area contributed by atoms with Crippen LogP contribution in [0, 0.1) is 0 Å². The third kappa shape index (κ3) is 4.55. The smallest absolute Gasteiger partial charge is 0.113 e. The zero-order chi connectivity index (χ0) is 34.1. The Hall–Kier alpha value is -6.44. The molecule has 2 aliphatic heterocycles. The normalized spacial score (nSPS) is 13.1. The molecule has 0 unspecified atom stereocenters. The van der Waals surface area contributed by atoms with Crippen LogP contribution in [0.5, 0.6) is 0 Å². The van der Waals surface area contributed by atoms with Crippen LogP contribution in [0.1, 0.15) is 0 Å². The van der Waals surface area contributed by atoms with Crippen LogP contribution < -0.4 is 19.6 Å². The van der Waals surface area contributed by atoms with E-state index in [-0.39, 0.29) is 0 Å². The number of fused-ring (bicyclic) bond motifs is 5. The third-order valence-electron chi connectivity index (χ3n) is 10.2. The second kappa shape index (κ2) is 11.6. The average molecular weight is 677 g/mol. The summed E-state index contributed by atoms with van der Waals surface area (Å²) in [5.74, 6) is 0. The Balaban J connectivity index is 1.07. The van der Waals surface area contributed by atoms with Crippen LogP contribution in [0.2, 0.25) is 0 Å². The molecule has 0 N–H and O–H groups in total. The zero-order valence-electron chi connectivity index (χ0n) is 28.1. The standard InChI is InChI=1S/C44H32N6S/c1-47-35-17-3-7-21-39(35)49(40-22-8-4-18-36(40)47)31-15-11-13-29(27-31)33-25-26-34(44-43(33)45-51-46-44)30-14-12-16-32(28-30)50-41-23-9-5-19-37(41)48(2)38-20-6-10-24-42(38)50/h3-28H,1-2H3. The number of hydrogen-bond donors (Lipinski definition) is 0. The van der Waals surface area contributed by atoms with Crippen molar-refractivity contribution in [2.24, 2.45) is 0 Å². The molecule has 51 heavy (non-hydrogen) atoms. The summed E-state index contributed by atoms with van der Waals surface area (Å²) in [6.07, 6.45) is 0. The molecule has 3 heterocycles. The number of para-hydroxylation sites is 8. The summed E-state index contributed by atoms with van der Waals surface area (Å²) in [4.78, 5) is 9.26. The van der Waals surface area contributed by atoms with Crippen LogP contribution in [0.4, 0.5) is 56.9 Å². The van der Waals surface area contributed by atoms with Crippen molar-refractivity contribution < 1.29 is 0 Å². The Labute approximate surface area is 301 Å². The van der Waals surface area contributed by atoms with Crippen molar-refractivity contribution in [1.29, 1.82) is 0 Å². The predicted molar refractivity (Wildman–Crippen MR) is 214 cm³/mol. The molecular formula is C44H32N6S. The maximum absolute atomic E-state index is 4.88. The maximum Gasteiger partial charge on any atom is 0.113 e. The molecule has 1 aromatic heterocycles. The van der Waals surface area contributed by atoms with Crippen molar-refractivity contribution in [2.75, 3.05) is 33.7 Å². The summed E-state index contributed by atoms with van der Waals surface area (Å²) in [6, 6.07) is 56.3. The van der Waals surface area contributed by atoms with E-state index in [0.717, 1.165) is 67.4 Å². The van der Waals surface area contributed by atoms with E-state index in [1.807, 2.05) is 0 Å². The highest BCUT2D eigenvalue weighted by atomic mass is 32.1. The lowest BCUT2D eigenvalue weighted by Crippen LogP contribution is -2.23. The van der Waals surface area contributed by atoms with Gasteiger partial charge in [-0.2, -0.15) is 8.75 Å². The zero-order valence-corrected chi connectivity index (χ0v) is 28.9. The second-order valence-corrected chi connectivity index (χ2v) is 13.5. The highest BCUT2D eigenvalue weighted by Crippen LogP contribution is 2.52. The fraction of sp³-hybridized carbons (Fsp3) is 0.0455. The van der Waals surface area contributed by atoms with E-state index in [1.165, 1.54) is 34.5 Å². The van der Waals surface area contributed by atoms with Gasteiger partial charge in [-0.25, -0.2) is 0 Å². The van der Waals surface area contributed by atoms with Crippen molar-refractivity contribution in [3.05, 3.63) is 158 Å². The summed E-state index contributed by atoms with van der Waals surface area (Å²) in [5.41, 5.74) is 17.6. The van der Waals surface area contributed by atoms with Gasteiger partial charge in [-0.05, 0) is 83.9 Å². The van der Waals surface area contributed by atoms with Gasteiger partial charge >= 0.3 is 0 Å². The van der Waals surface area contributed by atoms with Gasteiger partial charge in [-0.15, -0.1) is 0 Å². The first-order chi connectivity index (χ1) is 25.2. The molecule has 244 valence electrons. The van der Waals surface area contributed by atoms with Crippen molar-refractivity contribution in [2.45, 2.75) is 0 Å². The molecule has 0 aliphatic carbocycles. The SMILES string of the molecule is CN1c2ccccc2N(c2cccc(-c3ccc(-c4cccc(N5c6ccccc6N(C)c6ccccc65)c4)c4nsnc34)c2)c2ccccc21. The molecule has 7 aromatic carbocycles. The first-order valence-corrected chi connectivity index (χ1v) is 17.8. The number of hydrogen-bond acceptors (Lipinski definition) is 7. The van der Waals surface area contributed by atoms with Crippen LogP contribution in [-0.2, 0) is 0 Å². The number of nitrogens with zero attached hydrogens (tertiary/aromatic N) is 6. The van der Waals surface area contributed by atoms with Crippen LogP contribution in [0.3, 0.4) is 0 Å². The first-order valence-electron chi connectivity index (χ1n) is 17.1. The fourth-order valence-electron chi connectivity index (χ4n) is 7.78. The van der Waals surface area contributed by atoms with Gasteiger partial charge in [-0.3, -0.25) is 0 Å². The van der Waals surface area contributed by atoms with E-state index < -0.39 is 0 Å². The number of rotatable bonds is 4. The lowest BCUT2D eigenvalue weighted by atomic mass is 9.96. The fourth-order valence-corrected chi connectivity index (χ4v) is 8.35. The van der Waals surface area contributed by atoms with E-state index >= 15 is 0 Å². The molecule has 0 atom stereocenters. The quantitative estimate of drug-likeness (QED) is 0.185. The van der Waals surface area contributed by atoms with Crippen molar-refractivity contribution in [3.8, 4) is 22.3 Å². The van der Waals surface area contributed by atoms with E-state index in [4.69, 9.17) is 8.75 Å². The summed E-state index contributed by atoms with van der Waals surface area (Å²) in [5, 5.41) is 0. The maximum atomic E-state index is 4.88. The van der Waals surface area contributed by atoms with Crippen LogP contribution in [0.15, 0.2) is 158 Å². The summed E-state index contributed by atoms with van der Waals surface area (Å²) in [6.45, 7) is 0. The van der Waals surface area contributed by atoms with Gasteiger partial charge < -0.3 is 19.6 Å². The van der Waals surface area contributed by atoms with Crippen LogP contribution >= 0.6 is 11.7 Å². The predicted octanol–water partition coefficient (Wildman–Crippen LogP) is 12.1. The molecule has 2 aliphatic rings. The molecule has 0 spiro atoms. The highest BCUT2D eigenvalue weighted by molar-refractivity contribution is 7.00. The minimum atomic E-state index is 0.912. The molecular weight excluding hydrogens is 645 g/mol. The molecule has 0 saturated carbocycles. The van der Waals surface area contributed by atoms with Gasteiger partial charge in [0.25, 0.3) is 0 Å². The summed E-state index contributed by atoms with van der Waals surface area (Å²) >= 11 is 1.27. The number of benzene rings is 7. The number of anilines is 10. The van der Waals surface area contributed by atoms with Crippen LogP contribution in [0.25, 0.3) is 33.3 Å². The minimum absolute atomic E-state index is 0.912. The highest BCUT2D eigenvalue weighted by Gasteiger charge is 2.29. The van der Waals surface area contributed by atoms with Gasteiger partial charge in [0.15, 0.2) is 0 Å². The van der Waals surface area contributed by atoms with E-state index in [0.29, 0.717) is 0 Å². The van der Waals surface area contributed by atoms with E-state index in [9.17, 15) is 0 Å². The molecule has 0 fully saturated rings. The van der Waals surface area contributed by atoms with E-state index in [1.54, 1.807) is 0 Å². The largest absolute Gasteiger partial charge is 0.341 e. The minimum Gasteiger partial charge on any atom is -0.341 e. The molecule has 6 nitrogen and oxygen atoms in total.